The number of nitrogens with one attached hydrogen (secondary N) is 1. The smallest absolute Gasteiger partial charge is 0.255 e. The van der Waals surface area contributed by atoms with Gasteiger partial charge in [-0.3, -0.25) is 4.79 Å². The Kier molecular flexibility index (Phi) is 2.49. The van der Waals surface area contributed by atoms with Crippen LogP contribution in [0.3, 0.4) is 0 Å². The molecule has 4 heteroatoms. The van der Waals surface area contributed by atoms with Crippen LogP contribution in [0.15, 0.2) is 29.1 Å². The van der Waals surface area contributed by atoms with Crippen LogP contribution in [0.25, 0.3) is 10.9 Å². The molecule has 0 radical (unpaired) electrons. The zero-order valence-electron chi connectivity index (χ0n) is 10.4. The fourth-order valence-corrected chi connectivity index (χ4v) is 4.29. The van der Waals surface area contributed by atoms with Crippen LogP contribution in [-0.2, 0) is 0 Å². The number of rotatable bonds is 0. The van der Waals surface area contributed by atoms with Gasteiger partial charge in [-0.1, -0.05) is 28.1 Å². The Hall–Kier alpha value is -1.29. The largest absolute Gasteiger partial charge is 0.488 e. The van der Waals surface area contributed by atoms with Gasteiger partial charge in [0.2, 0.25) is 0 Å². The van der Waals surface area contributed by atoms with Gasteiger partial charge in [-0.05, 0) is 31.4 Å². The summed E-state index contributed by atoms with van der Waals surface area (Å²) in [5.74, 6) is 1.08. The molecule has 1 aromatic carbocycles. The Morgan fingerprint density at radius 2 is 2.11 bits per heavy atom. The Morgan fingerprint density at radius 1 is 1.26 bits per heavy atom. The molecular formula is C15H14BrNO2. The van der Waals surface area contributed by atoms with E-state index in [1.54, 1.807) is 0 Å². The highest BCUT2D eigenvalue weighted by Gasteiger charge is 2.41. The molecular weight excluding hydrogens is 306 g/mol. The van der Waals surface area contributed by atoms with E-state index >= 15 is 0 Å². The van der Waals surface area contributed by atoms with E-state index in [0.29, 0.717) is 0 Å². The second-order valence-corrected chi connectivity index (χ2v) is 6.44. The van der Waals surface area contributed by atoms with Crippen molar-refractivity contribution in [2.75, 3.05) is 0 Å². The first kappa shape index (κ1) is 11.5. The Bertz CT molecular complexity index is 709. The molecule has 1 aliphatic carbocycles. The van der Waals surface area contributed by atoms with E-state index in [0.717, 1.165) is 41.5 Å². The quantitative estimate of drug-likeness (QED) is 0.757. The van der Waals surface area contributed by atoms with Crippen LogP contribution in [0.4, 0.5) is 0 Å². The van der Waals surface area contributed by atoms with E-state index in [4.69, 9.17) is 4.74 Å². The highest BCUT2D eigenvalue weighted by molar-refractivity contribution is 9.09. The average molecular weight is 320 g/mol. The van der Waals surface area contributed by atoms with E-state index in [1.807, 2.05) is 24.3 Å². The minimum atomic E-state index is 0.00324. The van der Waals surface area contributed by atoms with Gasteiger partial charge in [0, 0.05) is 11.3 Å². The summed E-state index contributed by atoms with van der Waals surface area (Å²) in [6.07, 6.45) is 3.44. The minimum Gasteiger partial charge on any atom is -0.488 e. The molecule has 2 aromatic rings. The molecule has 0 spiro atoms. The SMILES string of the molecule is O=c1[nH]c2ccccc2c2c1C1CCCC(O2)C1Br. The summed E-state index contributed by atoms with van der Waals surface area (Å²) < 4.78 is 6.14. The van der Waals surface area contributed by atoms with Gasteiger partial charge in [0.05, 0.1) is 15.9 Å². The number of halogens is 1. The molecule has 1 N–H and O–H groups in total. The number of para-hydroxylation sites is 1. The van der Waals surface area contributed by atoms with Crippen molar-refractivity contribution >= 4 is 26.8 Å². The molecule has 0 saturated heterocycles. The van der Waals surface area contributed by atoms with Crippen molar-refractivity contribution in [3.63, 3.8) is 0 Å². The summed E-state index contributed by atoms with van der Waals surface area (Å²) >= 11 is 3.72. The van der Waals surface area contributed by atoms with Gasteiger partial charge in [-0.2, -0.15) is 0 Å². The molecule has 3 atom stereocenters. The van der Waals surface area contributed by atoms with Gasteiger partial charge in [0.25, 0.3) is 5.56 Å². The van der Waals surface area contributed by atoms with Gasteiger partial charge in [-0.25, -0.2) is 0 Å². The predicted octanol–water partition coefficient (Wildman–Crippen LogP) is 3.32. The summed E-state index contributed by atoms with van der Waals surface area (Å²) in [6.45, 7) is 0. The average Bonchev–Trinajstić information content (AvgIpc) is 2.39. The molecule has 2 bridgehead atoms. The molecule has 19 heavy (non-hydrogen) atoms. The lowest BCUT2D eigenvalue weighted by Gasteiger charge is -2.40. The van der Waals surface area contributed by atoms with Gasteiger partial charge in [0.1, 0.15) is 11.9 Å². The van der Waals surface area contributed by atoms with Crippen molar-refractivity contribution in [1.29, 1.82) is 0 Å². The normalized spacial score (nSPS) is 28.8. The lowest BCUT2D eigenvalue weighted by Crippen LogP contribution is -2.42. The Morgan fingerprint density at radius 3 is 3.00 bits per heavy atom. The van der Waals surface area contributed by atoms with Crippen molar-refractivity contribution in [1.82, 2.24) is 4.98 Å². The van der Waals surface area contributed by atoms with Crippen molar-refractivity contribution < 1.29 is 4.74 Å². The number of pyridine rings is 1. The first-order valence-corrected chi connectivity index (χ1v) is 7.63. The molecule has 2 heterocycles. The second-order valence-electron chi connectivity index (χ2n) is 5.38. The highest BCUT2D eigenvalue weighted by Crippen LogP contribution is 2.47. The number of ether oxygens (including phenoxy) is 1. The molecule has 0 amide bonds. The maximum absolute atomic E-state index is 12.4. The molecule has 1 aliphatic heterocycles. The van der Waals surface area contributed by atoms with Crippen LogP contribution in [0.2, 0.25) is 0 Å². The van der Waals surface area contributed by atoms with Crippen LogP contribution < -0.4 is 10.3 Å². The van der Waals surface area contributed by atoms with E-state index < -0.39 is 0 Å². The molecule has 3 unspecified atom stereocenters. The van der Waals surface area contributed by atoms with Gasteiger partial charge >= 0.3 is 0 Å². The van der Waals surface area contributed by atoms with E-state index in [2.05, 4.69) is 20.9 Å². The third-order valence-electron chi connectivity index (χ3n) is 4.29. The first-order valence-electron chi connectivity index (χ1n) is 6.71. The molecule has 1 saturated carbocycles. The number of fused-ring (bicyclic) bond motifs is 6. The molecule has 4 rings (SSSR count). The molecule has 98 valence electrons. The third-order valence-corrected chi connectivity index (χ3v) is 5.52. The Labute approximate surface area is 119 Å². The number of alkyl halides is 1. The summed E-state index contributed by atoms with van der Waals surface area (Å²) in [7, 11) is 0. The summed E-state index contributed by atoms with van der Waals surface area (Å²) in [6, 6.07) is 7.87. The van der Waals surface area contributed by atoms with Crippen molar-refractivity contribution in [2.24, 2.45) is 0 Å². The maximum atomic E-state index is 12.4. The predicted molar refractivity (Wildman–Crippen MR) is 78.3 cm³/mol. The van der Waals surface area contributed by atoms with E-state index in [-0.39, 0.29) is 22.4 Å². The van der Waals surface area contributed by atoms with Crippen LogP contribution in [0.5, 0.6) is 5.75 Å². The number of benzene rings is 1. The Balaban J connectivity index is 2.06. The molecule has 3 nitrogen and oxygen atoms in total. The minimum absolute atomic E-state index is 0.00324. The monoisotopic (exact) mass is 319 g/mol. The molecule has 1 aromatic heterocycles. The number of H-pyrrole nitrogens is 1. The van der Waals surface area contributed by atoms with Gasteiger partial charge < -0.3 is 9.72 Å². The van der Waals surface area contributed by atoms with Gasteiger partial charge in [-0.15, -0.1) is 0 Å². The summed E-state index contributed by atoms with van der Waals surface area (Å²) in [5.41, 5.74) is 1.69. The fourth-order valence-electron chi connectivity index (χ4n) is 3.39. The van der Waals surface area contributed by atoms with Crippen LogP contribution in [0.1, 0.15) is 30.7 Å². The van der Waals surface area contributed by atoms with Crippen LogP contribution in [-0.4, -0.2) is 15.9 Å². The fraction of sp³-hybridized carbons (Fsp3) is 0.400. The van der Waals surface area contributed by atoms with Crippen LogP contribution in [0, 0.1) is 0 Å². The van der Waals surface area contributed by atoms with Crippen LogP contribution >= 0.6 is 15.9 Å². The van der Waals surface area contributed by atoms with Crippen molar-refractivity contribution in [2.45, 2.75) is 36.1 Å². The summed E-state index contributed by atoms with van der Waals surface area (Å²) in [4.78, 5) is 15.6. The number of hydrogen-bond donors (Lipinski definition) is 1. The van der Waals surface area contributed by atoms with E-state index in [9.17, 15) is 4.79 Å². The number of aromatic nitrogens is 1. The zero-order valence-corrected chi connectivity index (χ0v) is 11.9. The number of hydrogen-bond acceptors (Lipinski definition) is 2. The summed E-state index contributed by atoms with van der Waals surface area (Å²) in [5, 5.41) is 1.02. The maximum Gasteiger partial charge on any atom is 0.255 e. The topological polar surface area (TPSA) is 42.1 Å². The zero-order chi connectivity index (χ0) is 13.0. The molecule has 2 aliphatic rings. The van der Waals surface area contributed by atoms with Gasteiger partial charge in [0.15, 0.2) is 0 Å². The van der Waals surface area contributed by atoms with Crippen molar-refractivity contribution in [3.8, 4) is 5.75 Å². The highest BCUT2D eigenvalue weighted by atomic mass is 79.9. The lowest BCUT2D eigenvalue weighted by atomic mass is 9.80. The first-order chi connectivity index (χ1) is 9.25. The lowest BCUT2D eigenvalue weighted by molar-refractivity contribution is 0.130. The third kappa shape index (κ3) is 1.59. The molecule has 1 fully saturated rings. The van der Waals surface area contributed by atoms with E-state index in [1.165, 1.54) is 0 Å². The van der Waals surface area contributed by atoms with Crippen molar-refractivity contribution in [3.05, 3.63) is 40.2 Å². The second kappa shape index (κ2) is 4.10. The standard InChI is InChI=1S/C15H14BrNO2/c16-13-9-5-3-7-11(13)19-14-8-4-1-2-6-10(8)17-15(18)12(9)14/h1-2,4,6,9,11,13H,3,5,7H2,(H,17,18). The number of aromatic amines is 1.